The zero-order valence-electron chi connectivity index (χ0n) is 9.76. The van der Waals surface area contributed by atoms with Gasteiger partial charge in [-0.1, -0.05) is 35.9 Å². The maximum atomic E-state index is 11.8. The van der Waals surface area contributed by atoms with Crippen molar-refractivity contribution in [3.05, 3.63) is 59.2 Å². The molecule has 4 nitrogen and oxygen atoms in total. The number of hydrogen-bond donors (Lipinski definition) is 2. The number of aromatic nitrogens is 1. The first kappa shape index (κ1) is 13.5. The number of benzene rings is 1. The van der Waals surface area contributed by atoms with Crippen molar-refractivity contribution in [2.24, 2.45) is 0 Å². The third-order valence-corrected chi connectivity index (χ3v) is 2.63. The van der Waals surface area contributed by atoms with E-state index < -0.39 is 0 Å². The van der Waals surface area contributed by atoms with E-state index in [1.54, 1.807) is 42.5 Å². The second-order valence-corrected chi connectivity index (χ2v) is 4.42. The molecular weight excluding hydrogens is 282 g/mol. The third kappa shape index (κ3) is 4.01. The van der Waals surface area contributed by atoms with Crippen molar-refractivity contribution in [3.63, 3.8) is 0 Å². The molecule has 96 valence electrons. The molecule has 2 N–H and O–H groups in total. The summed E-state index contributed by atoms with van der Waals surface area (Å²) in [6.45, 7) is 0. The van der Waals surface area contributed by atoms with Crippen LogP contribution in [-0.2, 0) is 0 Å². The van der Waals surface area contributed by atoms with E-state index in [-0.39, 0.29) is 11.0 Å². The predicted molar refractivity (Wildman–Crippen MR) is 79.4 cm³/mol. The molecule has 1 aromatic heterocycles. The van der Waals surface area contributed by atoms with Crippen molar-refractivity contribution in [3.8, 4) is 0 Å². The Kier molecular flexibility index (Phi) is 4.43. The molecule has 0 aliphatic carbocycles. The Morgan fingerprint density at radius 2 is 1.84 bits per heavy atom. The largest absolute Gasteiger partial charge is 0.317 e. The molecule has 0 spiro atoms. The SMILES string of the molecule is O=C(NC(=S)Nc1cccc(Cl)n1)c1ccccc1. The molecule has 0 atom stereocenters. The van der Waals surface area contributed by atoms with Gasteiger partial charge in [-0.15, -0.1) is 0 Å². The lowest BCUT2D eigenvalue weighted by Gasteiger charge is -2.08. The van der Waals surface area contributed by atoms with E-state index in [2.05, 4.69) is 15.6 Å². The van der Waals surface area contributed by atoms with E-state index in [0.29, 0.717) is 16.5 Å². The zero-order chi connectivity index (χ0) is 13.7. The first-order valence-corrected chi connectivity index (χ1v) is 6.24. The van der Waals surface area contributed by atoms with Gasteiger partial charge in [0, 0.05) is 5.56 Å². The maximum absolute atomic E-state index is 11.8. The zero-order valence-corrected chi connectivity index (χ0v) is 11.3. The fourth-order valence-corrected chi connectivity index (χ4v) is 1.75. The summed E-state index contributed by atoms with van der Waals surface area (Å²) in [6, 6.07) is 13.9. The van der Waals surface area contributed by atoms with E-state index in [0.717, 1.165) is 0 Å². The Labute approximate surface area is 120 Å². The van der Waals surface area contributed by atoms with Gasteiger partial charge in [0.1, 0.15) is 11.0 Å². The van der Waals surface area contributed by atoms with Crippen molar-refractivity contribution in [1.82, 2.24) is 10.3 Å². The Balaban J connectivity index is 1.97. The third-order valence-electron chi connectivity index (χ3n) is 2.22. The summed E-state index contributed by atoms with van der Waals surface area (Å²) in [5.74, 6) is 0.200. The molecular formula is C13H10ClN3OS. The Morgan fingerprint density at radius 1 is 1.11 bits per heavy atom. The maximum Gasteiger partial charge on any atom is 0.257 e. The van der Waals surface area contributed by atoms with Gasteiger partial charge in [-0.05, 0) is 36.5 Å². The second-order valence-electron chi connectivity index (χ2n) is 3.62. The molecule has 0 bridgehead atoms. The summed E-state index contributed by atoms with van der Waals surface area (Å²) in [7, 11) is 0. The molecule has 0 radical (unpaired) electrons. The van der Waals surface area contributed by atoms with Crippen molar-refractivity contribution < 1.29 is 4.79 Å². The number of nitrogens with one attached hydrogen (secondary N) is 2. The standard InChI is InChI=1S/C13H10ClN3OS/c14-10-7-4-8-11(15-10)16-13(19)17-12(18)9-5-2-1-3-6-9/h1-8H,(H2,15,16,17,18,19). The van der Waals surface area contributed by atoms with Crippen LogP contribution in [0.15, 0.2) is 48.5 Å². The monoisotopic (exact) mass is 291 g/mol. The number of amides is 1. The molecule has 2 rings (SSSR count). The van der Waals surface area contributed by atoms with Crippen LogP contribution >= 0.6 is 23.8 Å². The first-order chi connectivity index (χ1) is 9.15. The number of carbonyl (C=O) groups excluding carboxylic acids is 1. The minimum Gasteiger partial charge on any atom is -0.317 e. The smallest absolute Gasteiger partial charge is 0.257 e. The molecule has 0 saturated carbocycles. The number of anilines is 1. The summed E-state index contributed by atoms with van der Waals surface area (Å²) in [5, 5.41) is 5.87. The van der Waals surface area contributed by atoms with Gasteiger partial charge in [-0.25, -0.2) is 4.98 Å². The van der Waals surface area contributed by atoms with Crippen molar-refractivity contribution >= 4 is 40.7 Å². The Hall–Kier alpha value is -1.98. The quantitative estimate of drug-likeness (QED) is 0.660. The van der Waals surface area contributed by atoms with Crippen LogP contribution in [0.2, 0.25) is 5.15 Å². The number of rotatable bonds is 2. The van der Waals surface area contributed by atoms with Crippen molar-refractivity contribution in [2.75, 3.05) is 5.32 Å². The van der Waals surface area contributed by atoms with Crippen LogP contribution in [0.3, 0.4) is 0 Å². The molecule has 1 amide bonds. The van der Waals surface area contributed by atoms with Crippen LogP contribution in [0.5, 0.6) is 0 Å². The summed E-state index contributed by atoms with van der Waals surface area (Å²) in [4.78, 5) is 15.8. The summed E-state index contributed by atoms with van der Waals surface area (Å²) in [6.07, 6.45) is 0. The van der Waals surface area contributed by atoms with E-state index in [9.17, 15) is 4.79 Å². The van der Waals surface area contributed by atoms with Gasteiger partial charge in [0.25, 0.3) is 5.91 Å². The summed E-state index contributed by atoms with van der Waals surface area (Å²) >= 11 is 10.8. The van der Waals surface area contributed by atoms with Crippen LogP contribution in [0.4, 0.5) is 5.82 Å². The van der Waals surface area contributed by atoms with Gasteiger partial charge >= 0.3 is 0 Å². The Bertz CT molecular complexity index is 604. The normalized spacial score (nSPS) is 9.74. The molecule has 0 aliphatic heterocycles. The lowest BCUT2D eigenvalue weighted by molar-refractivity contribution is 0.0978. The predicted octanol–water partition coefficient (Wildman–Crippen LogP) is 2.86. The lowest BCUT2D eigenvalue weighted by Crippen LogP contribution is -2.34. The number of nitrogens with zero attached hydrogens (tertiary/aromatic N) is 1. The lowest BCUT2D eigenvalue weighted by atomic mass is 10.2. The van der Waals surface area contributed by atoms with Crippen LogP contribution < -0.4 is 10.6 Å². The van der Waals surface area contributed by atoms with E-state index in [1.807, 2.05) is 6.07 Å². The minimum atomic E-state index is -0.278. The first-order valence-electron chi connectivity index (χ1n) is 5.45. The molecule has 6 heteroatoms. The van der Waals surface area contributed by atoms with E-state index >= 15 is 0 Å². The highest BCUT2D eigenvalue weighted by molar-refractivity contribution is 7.80. The molecule has 0 saturated heterocycles. The fourth-order valence-electron chi connectivity index (χ4n) is 1.39. The molecule has 19 heavy (non-hydrogen) atoms. The van der Waals surface area contributed by atoms with Gasteiger partial charge in [0.05, 0.1) is 0 Å². The average molecular weight is 292 g/mol. The fraction of sp³-hybridized carbons (Fsp3) is 0. The number of halogens is 1. The van der Waals surface area contributed by atoms with Crippen LogP contribution in [0.1, 0.15) is 10.4 Å². The highest BCUT2D eigenvalue weighted by atomic mass is 35.5. The van der Waals surface area contributed by atoms with E-state index in [1.165, 1.54) is 0 Å². The molecule has 1 aromatic carbocycles. The summed E-state index contributed by atoms with van der Waals surface area (Å²) < 4.78 is 0. The minimum absolute atomic E-state index is 0.170. The molecule has 0 aliphatic rings. The highest BCUT2D eigenvalue weighted by Crippen LogP contribution is 2.09. The van der Waals surface area contributed by atoms with Crippen LogP contribution in [0, 0.1) is 0 Å². The van der Waals surface area contributed by atoms with Crippen LogP contribution in [-0.4, -0.2) is 16.0 Å². The van der Waals surface area contributed by atoms with Crippen LogP contribution in [0.25, 0.3) is 0 Å². The summed E-state index contributed by atoms with van der Waals surface area (Å²) in [5.41, 5.74) is 0.533. The van der Waals surface area contributed by atoms with Gasteiger partial charge in [-0.3, -0.25) is 10.1 Å². The molecule has 0 fully saturated rings. The Morgan fingerprint density at radius 3 is 2.53 bits per heavy atom. The second kappa shape index (κ2) is 6.26. The number of hydrogen-bond acceptors (Lipinski definition) is 3. The average Bonchev–Trinajstić information content (AvgIpc) is 2.39. The van der Waals surface area contributed by atoms with Crippen molar-refractivity contribution in [2.45, 2.75) is 0 Å². The molecule has 2 aromatic rings. The molecule has 0 unspecified atom stereocenters. The van der Waals surface area contributed by atoms with E-state index in [4.69, 9.17) is 23.8 Å². The number of carbonyl (C=O) groups is 1. The number of thiocarbonyl (C=S) groups is 1. The highest BCUT2D eigenvalue weighted by Gasteiger charge is 2.07. The van der Waals surface area contributed by atoms with Gasteiger partial charge < -0.3 is 5.32 Å². The molecule has 1 heterocycles. The topological polar surface area (TPSA) is 54.0 Å². The number of pyridine rings is 1. The van der Waals surface area contributed by atoms with Crippen molar-refractivity contribution in [1.29, 1.82) is 0 Å². The van der Waals surface area contributed by atoms with Gasteiger partial charge in [0.2, 0.25) is 0 Å². The van der Waals surface area contributed by atoms with Gasteiger partial charge in [-0.2, -0.15) is 0 Å². The van der Waals surface area contributed by atoms with Gasteiger partial charge in [0.15, 0.2) is 5.11 Å².